The highest BCUT2D eigenvalue weighted by Crippen LogP contribution is 2.38. The molecule has 4 nitrogen and oxygen atoms in total. The van der Waals surface area contributed by atoms with Gasteiger partial charge in [0.25, 0.3) is 0 Å². The van der Waals surface area contributed by atoms with Crippen molar-refractivity contribution >= 4 is 43.5 Å². The van der Waals surface area contributed by atoms with Crippen LogP contribution in [0.15, 0.2) is 205 Å². The molecule has 0 aliphatic heterocycles. The molecular formula is C53H33N3O. The van der Waals surface area contributed by atoms with Crippen molar-refractivity contribution in [1.29, 1.82) is 0 Å². The average Bonchev–Trinajstić information content (AvgIpc) is 3.68. The number of benzene rings is 9. The molecule has 0 radical (unpaired) electrons. The summed E-state index contributed by atoms with van der Waals surface area (Å²) in [7, 11) is 0. The third-order valence-corrected chi connectivity index (χ3v) is 10.9. The number of furan rings is 1. The number of fused-ring (bicyclic) bond motifs is 5. The van der Waals surface area contributed by atoms with Crippen molar-refractivity contribution in [3.05, 3.63) is 200 Å². The van der Waals surface area contributed by atoms with Crippen molar-refractivity contribution in [2.45, 2.75) is 0 Å². The number of para-hydroxylation sites is 1. The minimum absolute atomic E-state index is 0.614. The third-order valence-electron chi connectivity index (χ3n) is 10.9. The number of hydrogen-bond acceptors (Lipinski definition) is 4. The molecule has 9 aromatic carbocycles. The Morgan fingerprint density at radius 3 is 1.40 bits per heavy atom. The zero-order valence-electron chi connectivity index (χ0n) is 30.8. The van der Waals surface area contributed by atoms with Gasteiger partial charge in [0.15, 0.2) is 17.5 Å². The Morgan fingerprint density at radius 2 is 0.737 bits per heavy atom. The van der Waals surface area contributed by atoms with Gasteiger partial charge in [0.1, 0.15) is 11.2 Å². The number of hydrogen-bond donors (Lipinski definition) is 0. The van der Waals surface area contributed by atoms with E-state index in [0.717, 1.165) is 66.4 Å². The minimum Gasteiger partial charge on any atom is -0.456 e. The van der Waals surface area contributed by atoms with E-state index in [-0.39, 0.29) is 0 Å². The van der Waals surface area contributed by atoms with Crippen LogP contribution in [0.2, 0.25) is 0 Å². The number of nitrogens with zero attached hydrogens (tertiary/aromatic N) is 3. The van der Waals surface area contributed by atoms with E-state index in [0.29, 0.717) is 17.5 Å². The smallest absolute Gasteiger partial charge is 0.164 e. The predicted molar refractivity (Wildman–Crippen MR) is 235 cm³/mol. The van der Waals surface area contributed by atoms with Gasteiger partial charge in [-0.15, -0.1) is 0 Å². The molecule has 11 aromatic rings. The zero-order valence-corrected chi connectivity index (χ0v) is 30.8. The van der Waals surface area contributed by atoms with Gasteiger partial charge in [-0.25, -0.2) is 15.0 Å². The third kappa shape index (κ3) is 6.01. The van der Waals surface area contributed by atoms with Crippen LogP contribution in [-0.2, 0) is 0 Å². The highest BCUT2D eigenvalue weighted by Gasteiger charge is 2.16. The van der Waals surface area contributed by atoms with E-state index in [4.69, 9.17) is 19.4 Å². The first kappa shape index (κ1) is 32.7. The zero-order chi connectivity index (χ0) is 37.7. The normalized spacial score (nSPS) is 11.5. The SMILES string of the molecule is c1cc(-c2ccc3ccccc3c2)cc(-c2nc(-c3ccc(-c4ccc5ccccc5c4)cc3)nc(-c3ccc(-c4cccc5oc6ccccc6c45)cc3)n2)c1. The molecule has 2 heterocycles. The lowest BCUT2D eigenvalue weighted by atomic mass is 9.98. The van der Waals surface area contributed by atoms with E-state index in [1.165, 1.54) is 27.1 Å². The molecule has 0 N–H and O–H groups in total. The van der Waals surface area contributed by atoms with Crippen molar-refractivity contribution in [1.82, 2.24) is 15.0 Å². The van der Waals surface area contributed by atoms with E-state index in [2.05, 4.69) is 182 Å². The first-order valence-corrected chi connectivity index (χ1v) is 19.2. The fourth-order valence-electron chi connectivity index (χ4n) is 7.96. The number of rotatable bonds is 6. The maximum absolute atomic E-state index is 6.20. The predicted octanol–water partition coefficient (Wildman–Crippen LogP) is 14.1. The van der Waals surface area contributed by atoms with Crippen molar-refractivity contribution in [2.75, 3.05) is 0 Å². The van der Waals surface area contributed by atoms with Crippen LogP contribution >= 0.6 is 0 Å². The second-order valence-electron chi connectivity index (χ2n) is 14.4. The summed E-state index contributed by atoms with van der Waals surface area (Å²) in [6.07, 6.45) is 0. The molecule has 11 rings (SSSR count). The van der Waals surface area contributed by atoms with Gasteiger partial charge in [0.05, 0.1) is 0 Å². The van der Waals surface area contributed by atoms with Crippen molar-refractivity contribution in [3.63, 3.8) is 0 Å². The van der Waals surface area contributed by atoms with E-state index in [1.807, 2.05) is 18.2 Å². The van der Waals surface area contributed by atoms with Gasteiger partial charge in [-0.3, -0.25) is 0 Å². The van der Waals surface area contributed by atoms with Crippen molar-refractivity contribution in [2.24, 2.45) is 0 Å². The molecule has 0 spiro atoms. The monoisotopic (exact) mass is 727 g/mol. The van der Waals surface area contributed by atoms with E-state index < -0.39 is 0 Å². The standard InChI is InChI=1S/C53H33N3O/c1-3-11-40-31-43(29-21-34(40)9-1)36-19-25-38(26-20-36)51-54-52(39-27-23-37(24-28-39)46-16-8-18-49-50(46)47-15-5-6-17-48(47)57-49)56-53(55-51)45-14-7-13-42(33-45)44-30-22-35-10-2-4-12-41(35)32-44/h1-33H. The molecule has 0 aliphatic carbocycles. The Hall–Kier alpha value is -7.69. The van der Waals surface area contributed by atoms with Gasteiger partial charge in [-0.05, 0) is 85.3 Å². The molecule has 0 fully saturated rings. The average molecular weight is 728 g/mol. The summed E-state index contributed by atoms with van der Waals surface area (Å²) >= 11 is 0. The van der Waals surface area contributed by atoms with E-state index >= 15 is 0 Å². The van der Waals surface area contributed by atoms with Crippen LogP contribution in [0.1, 0.15) is 0 Å². The molecule has 0 atom stereocenters. The van der Waals surface area contributed by atoms with Crippen LogP contribution in [0.25, 0.3) is 111 Å². The molecule has 4 heteroatoms. The Bertz CT molecular complexity index is 3290. The molecule has 0 amide bonds. The quantitative estimate of drug-likeness (QED) is 0.171. The highest BCUT2D eigenvalue weighted by atomic mass is 16.3. The molecule has 266 valence electrons. The van der Waals surface area contributed by atoms with Gasteiger partial charge in [-0.2, -0.15) is 0 Å². The lowest BCUT2D eigenvalue weighted by Crippen LogP contribution is -2.00. The second-order valence-corrected chi connectivity index (χ2v) is 14.4. The summed E-state index contributed by atoms with van der Waals surface area (Å²) in [5.41, 5.74) is 11.3. The highest BCUT2D eigenvalue weighted by molar-refractivity contribution is 6.12. The summed E-state index contributed by atoms with van der Waals surface area (Å²) < 4.78 is 6.20. The first-order valence-electron chi connectivity index (χ1n) is 19.2. The van der Waals surface area contributed by atoms with Gasteiger partial charge in [0, 0.05) is 27.5 Å². The molecule has 2 aromatic heterocycles. The largest absolute Gasteiger partial charge is 0.456 e. The van der Waals surface area contributed by atoms with Crippen LogP contribution in [0.5, 0.6) is 0 Å². The maximum Gasteiger partial charge on any atom is 0.164 e. The summed E-state index contributed by atoms with van der Waals surface area (Å²) in [6, 6.07) is 70.0. The minimum atomic E-state index is 0.614. The van der Waals surface area contributed by atoms with Gasteiger partial charge >= 0.3 is 0 Å². The Balaban J connectivity index is 1.01. The summed E-state index contributed by atoms with van der Waals surface area (Å²) in [5, 5.41) is 7.10. The summed E-state index contributed by atoms with van der Waals surface area (Å²) in [4.78, 5) is 15.3. The Labute approximate surface area is 329 Å². The van der Waals surface area contributed by atoms with Crippen LogP contribution in [0.3, 0.4) is 0 Å². The maximum atomic E-state index is 6.20. The van der Waals surface area contributed by atoms with E-state index in [1.54, 1.807) is 0 Å². The lowest BCUT2D eigenvalue weighted by Gasteiger charge is -2.11. The summed E-state index contributed by atoms with van der Waals surface area (Å²) in [6.45, 7) is 0. The molecule has 0 saturated carbocycles. The summed E-state index contributed by atoms with van der Waals surface area (Å²) in [5.74, 6) is 1.85. The second kappa shape index (κ2) is 13.6. The molecular weight excluding hydrogens is 695 g/mol. The molecule has 0 unspecified atom stereocenters. The molecule has 0 bridgehead atoms. The van der Waals surface area contributed by atoms with Crippen molar-refractivity contribution < 1.29 is 4.42 Å². The van der Waals surface area contributed by atoms with Crippen molar-refractivity contribution in [3.8, 4) is 67.5 Å². The van der Waals surface area contributed by atoms with Crippen LogP contribution in [-0.4, -0.2) is 15.0 Å². The fraction of sp³-hybridized carbons (Fsp3) is 0. The first-order chi connectivity index (χ1) is 28.2. The topological polar surface area (TPSA) is 51.8 Å². The molecule has 57 heavy (non-hydrogen) atoms. The van der Waals surface area contributed by atoms with Gasteiger partial charge < -0.3 is 4.42 Å². The molecule has 0 saturated heterocycles. The van der Waals surface area contributed by atoms with Crippen LogP contribution < -0.4 is 0 Å². The Kier molecular flexibility index (Phi) is 7.78. The lowest BCUT2D eigenvalue weighted by molar-refractivity contribution is 0.669. The van der Waals surface area contributed by atoms with Gasteiger partial charge in [0.2, 0.25) is 0 Å². The van der Waals surface area contributed by atoms with Crippen LogP contribution in [0.4, 0.5) is 0 Å². The Morgan fingerprint density at radius 1 is 0.281 bits per heavy atom. The van der Waals surface area contributed by atoms with E-state index in [9.17, 15) is 0 Å². The molecule has 0 aliphatic rings. The number of aromatic nitrogens is 3. The van der Waals surface area contributed by atoms with Gasteiger partial charge in [-0.1, -0.05) is 170 Å². The van der Waals surface area contributed by atoms with Crippen LogP contribution in [0, 0.1) is 0 Å². The fourth-order valence-corrected chi connectivity index (χ4v) is 7.96.